The van der Waals surface area contributed by atoms with Gasteiger partial charge in [-0.05, 0) is 49.4 Å². The summed E-state index contributed by atoms with van der Waals surface area (Å²) >= 11 is 1.59. The van der Waals surface area contributed by atoms with E-state index in [-0.39, 0.29) is 5.91 Å². The van der Waals surface area contributed by atoms with Gasteiger partial charge in [-0.1, -0.05) is 24.3 Å². The number of hydrogen-bond donors (Lipinski definition) is 2. The van der Waals surface area contributed by atoms with E-state index in [9.17, 15) is 13.2 Å². The fourth-order valence-electron chi connectivity index (χ4n) is 3.51. The average molecular weight is 435 g/mol. The van der Waals surface area contributed by atoms with Gasteiger partial charge in [-0.3, -0.25) is 4.79 Å². The van der Waals surface area contributed by atoms with Gasteiger partial charge in [0.25, 0.3) is 5.91 Å². The predicted octanol–water partition coefficient (Wildman–Crippen LogP) is 1.55. The highest BCUT2D eigenvalue weighted by Gasteiger charge is 2.32. The van der Waals surface area contributed by atoms with Gasteiger partial charge in [0.05, 0.1) is 36.8 Å². The summed E-state index contributed by atoms with van der Waals surface area (Å²) in [4.78, 5) is 15.0. The molecule has 2 aromatic rings. The first kappa shape index (κ1) is 21.8. The number of para-hydroxylation sites is 1. The topological polar surface area (TPSA) is 70.9 Å². The van der Waals surface area contributed by atoms with E-state index in [0.29, 0.717) is 37.6 Å². The maximum atomic E-state index is 13.0. The Morgan fingerprint density at radius 1 is 1.14 bits per heavy atom. The number of rotatable bonds is 6. The number of quaternary nitrogens is 1. The zero-order valence-electron chi connectivity index (χ0n) is 17.1. The summed E-state index contributed by atoms with van der Waals surface area (Å²) in [7, 11) is -3.51. The van der Waals surface area contributed by atoms with E-state index >= 15 is 0 Å². The molecule has 1 saturated heterocycles. The van der Waals surface area contributed by atoms with E-state index in [2.05, 4.69) is 5.32 Å². The lowest BCUT2D eigenvalue weighted by Crippen LogP contribution is -3.15. The molecule has 0 bridgehead atoms. The Bertz CT molecular complexity index is 984. The number of aryl methyl sites for hydroxylation is 2. The summed E-state index contributed by atoms with van der Waals surface area (Å²) in [5.41, 5.74) is 2.51. The predicted molar refractivity (Wildman–Crippen MR) is 117 cm³/mol. The minimum atomic E-state index is -3.51. The lowest BCUT2D eigenvalue weighted by molar-refractivity contribution is -0.895. The fourth-order valence-corrected chi connectivity index (χ4v) is 5.82. The second kappa shape index (κ2) is 9.30. The summed E-state index contributed by atoms with van der Waals surface area (Å²) in [5, 5.41) is 2.98. The van der Waals surface area contributed by atoms with Gasteiger partial charge < -0.3 is 10.2 Å². The number of amides is 1. The van der Waals surface area contributed by atoms with Crippen molar-refractivity contribution >= 4 is 33.4 Å². The molecule has 3 rings (SSSR count). The normalized spacial score (nSPS) is 16.0. The SMILES string of the molecule is CSc1ccccc1NC(=O)C[NH+]1CCN(S(=O)(=O)c2cc(C)ccc2C)CC1. The van der Waals surface area contributed by atoms with Crippen molar-refractivity contribution in [1.82, 2.24) is 4.31 Å². The van der Waals surface area contributed by atoms with E-state index in [1.165, 1.54) is 0 Å². The number of carbonyl (C=O) groups excluding carboxylic acids is 1. The standard InChI is InChI=1S/C21H27N3O3S2/c1-16-8-9-17(2)20(14-16)29(26,27)24-12-10-23(11-13-24)15-21(25)22-18-6-4-5-7-19(18)28-3/h4-9,14H,10-13,15H2,1-3H3,(H,22,25)/p+1. The third-order valence-corrected chi connectivity index (χ3v) is 8.02. The molecule has 1 aliphatic rings. The molecule has 1 aliphatic heterocycles. The average Bonchev–Trinajstić information content (AvgIpc) is 2.70. The van der Waals surface area contributed by atoms with Gasteiger partial charge in [-0.15, -0.1) is 11.8 Å². The van der Waals surface area contributed by atoms with Crippen LogP contribution in [0, 0.1) is 13.8 Å². The van der Waals surface area contributed by atoms with Crippen molar-refractivity contribution in [3.8, 4) is 0 Å². The van der Waals surface area contributed by atoms with Crippen LogP contribution in [0.3, 0.4) is 0 Å². The Hall–Kier alpha value is -1.87. The lowest BCUT2D eigenvalue weighted by Gasteiger charge is -2.31. The van der Waals surface area contributed by atoms with Gasteiger partial charge in [0.2, 0.25) is 10.0 Å². The summed E-state index contributed by atoms with van der Waals surface area (Å²) in [5.74, 6) is -0.0488. The Balaban J connectivity index is 1.59. The van der Waals surface area contributed by atoms with Crippen LogP contribution in [0.4, 0.5) is 5.69 Å². The van der Waals surface area contributed by atoms with E-state index < -0.39 is 10.0 Å². The zero-order valence-corrected chi connectivity index (χ0v) is 18.7. The van der Waals surface area contributed by atoms with Gasteiger partial charge >= 0.3 is 0 Å². The third kappa shape index (κ3) is 5.19. The molecule has 0 radical (unpaired) electrons. The molecule has 0 saturated carbocycles. The van der Waals surface area contributed by atoms with Gasteiger partial charge in [-0.25, -0.2) is 8.42 Å². The van der Waals surface area contributed by atoms with Gasteiger partial charge in [0, 0.05) is 4.90 Å². The second-order valence-corrected chi connectivity index (χ2v) is 10.1. The minimum Gasteiger partial charge on any atom is -0.325 e. The summed E-state index contributed by atoms with van der Waals surface area (Å²) < 4.78 is 27.6. The Kier molecular flexibility index (Phi) is 7.00. The molecule has 0 unspecified atom stereocenters. The number of benzene rings is 2. The quantitative estimate of drug-likeness (QED) is 0.677. The molecule has 156 valence electrons. The Morgan fingerprint density at radius 3 is 2.52 bits per heavy atom. The smallest absolute Gasteiger partial charge is 0.279 e. The van der Waals surface area contributed by atoms with E-state index in [4.69, 9.17) is 0 Å². The molecule has 29 heavy (non-hydrogen) atoms. The molecule has 1 amide bonds. The maximum absolute atomic E-state index is 13.0. The molecule has 0 aliphatic carbocycles. The first-order valence-corrected chi connectivity index (χ1v) is 12.3. The summed E-state index contributed by atoms with van der Waals surface area (Å²) in [6.45, 7) is 6.11. The molecule has 1 fully saturated rings. The number of hydrogen-bond acceptors (Lipinski definition) is 4. The number of piperazine rings is 1. The highest BCUT2D eigenvalue weighted by atomic mass is 32.2. The van der Waals surface area contributed by atoms with Crippen LogP contribution in [-0.4, -0.2) is 57.6 Å². The van der Waals surface area contributed by atoms with Crippen molar-refractivity contribution in [3.05, 3.63) is 53.6 Å². The van der Waals surface area contributed by atoms with Crippen molar-refractivity contribution in [2.75, 3.05) is 44.3 Å². The van der Waals surface area contributed by atoms with Crippen LogP contribution in [-0.2, 0) is 14.8 Å². The molecule has 8 heteroatoms. The zero-order chi connectivity index (χ0) is 21.0. The lowest BCUT2D eigenvalue weighted by atomic mass is 10.2. The molecule has 1 heterocycles. The molecule has 2 N–H and O–H groups in total. The maximum Gasteiger partial charge on any atom is 0.279 e. The van der Waals surface area contributed by atoms with Crippen LogP contribution >= 0.6 is 11.8 Å². The largest absolute Gasteiger partial charge is 0.325 e. The van der Waals surface area contributed by atoms with Crippen LogP contribution in [0.1, 0.15) is 11.1 Å². The molecule has 0 aromatic heterocycles. The molecular weight excluding hydrogens is 406 g/mol. The Morgan fingerprint density at radius 2 is 1.83 bits per heavy atom. The van der Waals surface area contributed by atoms with E-state index in [0.717, 1.165) is 26.6 Å². The van der Waals surface area contributed by atoms with Crippen LogP contribution in [0.15, 0.2) is 52.3 Å². The molecule has 2 aromatic carbocycles. The van der Waals surface area contributed by atoms with Crippen molar-refractivity contribution in [1.29, 1.82) is 0 Å². The fraction of sp³-hybridized carbons (Fsp3) is 0.381. The number of carbonyl (C=O) groups is 1. The van der Waals surface area contributed by atoms with Crippen LogP contribution in [0.5, 0.6) is 0 Å². The van der Waals surface area contributed by atoms with Crippen molar-refractivity contribution in [3.63, 3.8) is 0 Å². The molecular formula is C21H28N3O3S2+. The summed E-state index contributed by atoms with van der Waals surface area (Å²) in [6.07, 6.45) is 1.98. The van der Waals surface area contributed by atoms with E-state index in [1.807, 2.05) is 56.5 Å². The number of nitrogens with zero attached hydrogens (tertiary/aromatic N) is 1. The van der Waals surface area contributed by atoms with Gasteiger partial charge in [-0.2, -0.15) is 4.31 Å². The Labute approximate surface area is 177 Å². The van der Waals surface area contributed by atoms with Crippen molar-refractivity contribution in [2.45, 2.75) is 23.6 Å². The second-order valence-electron chi connectivity index (χ2n) is 7.35. The molecule has 0 spiro atoms. The number of thioether (sulfide) groups is 1. The van der Waals surface area contributed by atoms with Crippen molar-refractivity contribution < 1.29 is 18.1 Å². The molecule has 6 nitrogen and oxygen atoms in total. The first-order chi connectivity index (χ1) is 13.8. The highest BCUT2D eigenvalue weighted by Crippen LogP contribution is 2.24. The van der Waals surface area contributed by atoms with Crippen LogP contribution in [0.25, 0.3) is 0 Å². The van der Waals surface area contributed by atoms with Crippen LogP contribution in [0.2, 0.25) is 0 Å². The van der Waals surface area contributed by atoms with Crippen LogP contribution < -0.4 is 10.2 Å². The number of nitrogens with one attached hydrogen (secondary N) is 2. The first-order valence-electron chi connectivity index (χ1n) is 9.65. The monoisotopic (exact) mass is 434 g/mol. The number of sulfonamides is 1. The van der Waals surface area contributed by atoms with Gasteiger partial charge in [0.15, 0.2) is 6.54 Å². The third-order valence-electron chi connectivity index (χ3n) is 5.18. The van der Waals surface area contributed by atoms with Gasteiger partial charge in [0.1, 0.15) is 0 Å². The minimum absolute atomic E-state index is 0.0488. The summed E-state index contributed by atoms with van der Waals surface area (Å²) in [6, 6.07) is 13.2. The highest BCUT2D eigenvalue weighted by molar-refractivity contribution is 7.98. The molecule has 0 atom stereocenters. The van der Waals surface area contributed by atoms with E-state index in [1.54, 1.807) is 22.1 Å². The number of anilines is 1. The van der Waals surface area contributed by atoms with Crippen molar-refractivity contribution in [2.24, 2.45) is 0 Å².